The van der Waals surface area contributed by atoms with Crippen molar-refractivity contribution < 1.29 is 14.3 Å². The lowest BCUT2D eigenvalue weighted by molar-refractivity contribution is -0.117. The second-order valence-corrected chi connectivity index (χ2v) is 13.1. The van der Waals surface area contributed by atoms with Gasteiger partial charge in [0.25, 0.3) is 5.91 Å². The van der Waals surface area contributed by atoms with Gasteiger partial charge in [-0.25, -0.2) is 4.68 Å². The van der Waals surface area contributed by atoms with Gasteiger partial charge in [-0.2, -0.15) is 5.10 Å². The van der Waals surface area contributed by atoms with Gasteiger partial charge in [0.15, 0.2) is 0 Å². The number of aromatic amines is 1. The van der Waals surface area contributed by atoms with Crippen LogP contribution < -0.4 is 16.0 Å². The number of amides is 2. The number of anilines is 2. The second-order valence-electron chi connectivity index (χ2n) is 12.1. The van der Waals surface area contributed by atoms with Crippen molar-refractivity contribution in [2.45, 2.75) is 65.5 Å². The number of thiophene rings is 1. The average Bonchev–Trinajstić information content (AvgIpc) is 3.69. The highest BCUT2D eigenvalue weighted by Gasteiger charge is 2.20. The third-order valence-corrected chi connectivity index (χ3v) is 8.69. The molecule has 1 unspecified atom stereocenters. The summed E-state index contributed by atoms with van der Waals surface area (Å²) in [6.45, 7) is 8.41. The summed E-state index contributed by atoms with van der Waals surface area (Å²) in [7, 11) is 2.09. The van der Waals surface area contributed by atoms with E-state index in [-0.39, 0.29) is 29.9 Å². The molecule has 1 aliphatic heterocycles. The first-order valence-corrected chi connectivity index (χ1v) is 15.1. The van der Waals surface area contributed by atoms with Crippen LogP contribution in [0, 0.1) is 5.41 Å². The smallest absolute Gasteiger partial charge is 0.266 e. The van der Waals surface area contributed by atoms with Crippen LogP contribution in [0.1, 0.15) is 74.3 Å². The fourth-order valence-electron chi connectivity index (χ4n) is 5.07. The van der Waals surface area contributed by atoms with Crippen molar-refractivity contribution in [1.29, 1.82) is 0 Å². The van der Waals surface area contributed by atoms with Gasteiger partial charge < -0.3 is 25.7 Å². The number of ether oxygens (including phenoxy) is 1. The Morgan fingerprint density at radius 3 is 2.80 bits per heavy atom. The van der Waals surface area contributed by atoms with Gasteiger partial charge in [0.05, 0.1) is 11.1 Å². The zero-order valence-electron chi connectivity index (χ0n) is 24.3. The van der Waals surface area contributed by atoms with Crippen molar-refractivity contribution in [3.8, 4) is 10.4 Å². The summed E-state index contributed by atoms with van der Waals surface area (Å²) < 4.78 is 7.72. The predicted molar refractivity (Wildman–Crippen MR) is 165 cm³/mol. The number of aryl methyl sites for hydroxylation is 1. The molecule has 9 nitrogen and oxygen atoms in total. The number of carbonyl (C=O) groups is 2. The molecule has 4 N–H and O–H groups in total. The normalized spacial score (nSPS) is 15.8. The molecule has 1 saturated heterocycles. The highest BCUT2D eigenvalue weighted by Crippen LogP contribution is 2.33. The third-order valence-electron chi connectivity index (χ3n) is 7.55. The zero-order chi connectivity index (χ0) is 29.1. The third kappa shape index (κ3) is 7.00. The van der Waals surface area contributed by atoms with Crippen LogP contribution in [0.2, 0.25) is 0 Å². The van der Waals surface area contributed by atoms with Crippen molar-refractivity contribution >= 4 is 45.6 Å². The Labute approximate surface area is 245 Å². The van der Waals surface area contributed by atoms with Gasteiger partial charge >= 0.3 is 0 Å². The number of nitrogens with two attached hydrogens (primary N) is 1. The molecule has 0 aliphatic carbocycles. The van der Waals surface area contributed by atoms with Gasteiger partial charge in [-0.3, -0.25) is 9.59 Å². The minimum atomic E-state index is -0.378. The monoisotopic (exact) mass is 576 g/mol. The maximum atomic E-state index is 13.4. The first-order chi connectivity index (χ1) is 19.6. The average molecular weight is 577 g/mol. The number of rotatable bonds is 10. The molecule has 0 radical (unpaired) electrons. The molecular formula is C31H40N6O3S. The van der Waals surface area contributed by atoms with Crippen LogP contribution >= 0.6 is 11.3 Å². The number of hydrogen-bond acceptors (Lipinski definition) is 6. The van der Waals surface area contributed by atoms with E-state index in [2.05, 4.69) is 66.3 Å². The number of nitrogens with one attached hydrogen (secondary N) is 2. The Hall–Kier alpha value is -3.63. The first-order valence-electron chi connectivity index (χ1n) is 14.3. The summed E-state index contributed by atoms with van der Waals surface area (Å²) in [4.78, 5) is 32.2. The molecule has 4 heterocycles. The van der Waals surface area contributed by atoms with E-state index in [0.717, 1.165) is 71.4 Å². The maximum Gasteiger partial charge on any atom is 0.266 e. The Balaban J connectivity index is 1.35. The number of carbonyl (C=O) groups excluding carboxylic acids is 2. The minimum absolute atomic E-state index is 0.0279. The van der Waals surface area contributed by atoms with E-state index >= 15 is 0 Å². The number of fused-ring (bicyclic) bond motifs is 1. The molecule has 4 aromatic rings. The lowest BCUT2D eigenvalue weighted by Gasteiger charge is -2.25. The standard InChI is InChI=1S/C31H40N6O3S/c1-31(2,3)14-15-36(4)21-8-9-22-23(10-13-27(32)38)29(34-24(22)17-21)35-30(39)26-12-11-25(41-26)20-18-33-37(19-20)28-7-5-6-16-40-28/h8-9,11-12,17-19,28,34H,5-7,10,13-16H2,1-4H3,(H2,32,38)(H,35,39). The van der Waals surface area contributed by atoms with E-state index < -0.39 is 0 Å². The van der Waals surface area contributed by atoms with E-state index in [1.54, 1.807) is 0 Å². The summed E-state index contributed by atoms with van der Waals surface area (Å²) in [6.07, 6.45) is 8.65. The fraction of sp³-hybridized carbons (Fsp3) is 0.452. The zero-order valence-corrected chi connectivity index (χ0v) is 25.1. The molecule has 1 aromatic carbocycles. The Morgan fingerprint density at radius 2 is 2.07 bits per heavy atom. The largest absolute Gasteiger partial charge is 0.375 e. The van der Waals surface area contributed by atoms with Crippen molar-refractivity contribution in [1.82, 2.24) is 14.8 Å². The molecule has 0 saturated carbocycles. The maximum absolute atomic E-state index is 13.4. The number of primary amides is 1. The van der Waals surface area contributed by atoms with Gasteiger partial charge in [0.1, 0.15) is 12.0 Å². The van der Waals surface area contributed by atoms with Gasteiger partial charge in [-0.05, 0) is 61.8 Å². The van der Waals surface area contributed by atoms with Crippen molar-refractivity contribution in [2.24, 2.45) is 11.1 Å². The van der Waals surface area contributed by atoms with Crippen molar-refractivity contribution in [2.75, 3.05) is 30.4 Å². The second kappa shape index (κ2) is 12.1. The fourth-order valence-corrected chi connectivity index (χ4v) is 5.95. The van der Waals surface area contributed by atoms with Crippen LogP contribution in [-0.2, 0) is 16.0 Å². The number of aromatic nitrogens is 3. The Morgan fingerprint density at radius 1 is 1.24 bits per heavy atom. The molecule has 218 valence electrons. The van der Waals surface area contributed by atoms with Gasteiger partial charge in [-0.1, -0.05) is 26.8 Å². The highest BCUT2D eigenvalue weighted by molar-refractivity contribution is 7.17. The molecule has 1 fully saturated rings. The molecule has 5 rings (SSSR count). The van der Waals surface area contributed by atoms with Crippen LogP contribution in [0.15, 0.2) is 42.7 Å². The van der Waals surface area contributed by atoms with Crippen LogP contribution in [0.3, 0.4) is 0 Å². The van der Waals surface area contributed by atoms with Crippen LogP contribution in [0.4, 0.5) is 11.5 Å². The molecule has 1 atom stereocenters. The van der Waals surface area contributed by atoms with Crippen LogP contribution in [0.25, 0.3) is 21.3 Å². The number of benzene rings is 1. The topological polar surface area (TPSA) is 118 Å². The molecule has 10 heteroatoms. The SMILES string of the molecule is CN(CCC(C)(C)C)c1ccc2c(CCC(N)=O)c(NC(=O)c3ccc(-c4cnn(C5CCCCO5)c4)s3)[nH]c2c1. The van der Waals surface area contributed by atoms with Crippen LogP contribution in [0.5, 0.6) is 0 Å². The summed E-state index contributed by atoms with van der Waals surface area (Å²) in [6, 6.07) is 10.0. The van der Waals surface area contributed by atoms with Gasteiger partial charge in [0.2, 0.25) is 5.91 Å². The summed E-state index contributed by atoms with van der Waals surface area (Å²) in [5.41, 5.74) is 9.55. The van der Waals surface area contributed by atoms with E-state index in [1.165, 1.54) is 11.3 Å². The highest BCUT2D eigenvalue weighted by atomic mass is 32.1. The lowest BCUT2D eigenvalue weighted by Crippen LogP contribution is -2.22. The lowest BCUT2D eigenvalue weighted by atomic mass is 9.92. The number of nitrogens with zero attached hydrogens (tertiary/aromatic N) is 3. The van der Waals surface area contributed by atoms with E-state index in [1.807, 2.05) is 29.2 Å². The molecule has 0 bridgehead atoms. The summed E-state index contributed by atoms with van der Waals surface area (Å²) >= 11 is 1.42. The van der Waals surface area contributed by atoms with E-state index in [0.29, 0.717) is 17.1 Å². The van der Waals surface area contributed by atoms with Gasteiger partial charge in [0, 0.05) is 65.4 Å². The predicted octanol–water partition coefficient (Wildman–Crippen LogP) is 6.33. The van der Waals surface area contributed by atoms with Crippen molar-refractivity contribution in [3.63, 3.8) is 0 Å². The molecule has 2 amide bonds. The molecule has 3 aromatic heterocycles. The molecule has 0 spiro atoms. The molecular weight excluding hydrogens is 536 g/mol. The summed E-state index contributed by atoms with van der Waals surface area (Å²) in [5.74, 6) is 0.00819. The van der Waals surface area contributed by atoms with Crippen molar-refractivity contribution in [3.05, 3.63) is 53.2 Å². The van der Waals surface area contributed by atoms with E-state index in [9.17, 15) is 9.59 Å². The Bertz CT molecular complexity index is 1520. The molecule has 1 aliphatic rings. The Kier molecular flexibility index (Phi) is 8.51. The first kappa shape index (κ1) is 28.9. The van der Waals surface area contributed by atoms with Crippen LogP contribution in [-0.4, -0.2) is 46.8 Å². The van der Waals surface area contributed by atoms with Gasteiger partial charge in [-0.15, -0.1) is 11.3 Å². The molecule has 41 heavy (non-hydrogen) atoms. The van der Waals surface area contributed by atoms with E-state index in [4.69, 9.17) is 10.5 Å². The quantitative estimate of drug-likeness (QED) is 0.204. The summed E-state index contributed by atoms with van der Waals surface area (Å²) in [5, 5.41) is 8.54. The minimum Gasteiger partial charge on any atom is -0.375 e. The number of H-pyrrole nitrogens is 1. The number of hydrogen-bond donors (Lipinski definition) is 3.